The molecule has 174 valence electrons. The van der Waals surface area contributed by atoms with E-state index in [0.29, 0.717) is 42.9 Å². The van der Waals surface area contributed by atoms with Crippen LogP contribution in [0.5, 0.6) is 0 Å². The van der Waals surface area contributed by atoms with Crippen LogP contribution in [0.15, 0.2) is 30.3 Å². The van der Waals surface area contributed by atoms with E-state index in [0.717, 1.165) is 16.0 Å². The fourth-order valence-electron chi connectivity index (χ4n) is 4.11. The number of thiophene rings is 1. The van der Waals surface area contributed by atoms with E-state index in [-0.39, 0.29) is 31.3 Å². The zero-order valence-electron chi connectivity index (χ0n) is 18.9. The predicted molar refractivity (Wildman–Crippen MR) is 125 cm³/mol. The lowest BCUT2D eigenvalue weighted by Gasteiger charge is -2.31. The molecule has 1 unspecified atom stereocenters. The summed E-state index contributed by atoms with van der Waals surface area (Å²) in [5, 5.41) is 13.4. The van der Waals surface area contributed by atoms with Crippen molar-refractivity contribution in [3.8, 4) is 6.07 Å². The first-order valence-corrected chi connectivity index (χ1v) is 12.0. The molecule has 0 fully saturated rings. The van der Waals surface area contributed by atoms with Crippen LogP contribution in [-0.4, -0.2) is 31.1 Å². The number of carbonyl (C=O) groups is 3. The molecule has 0 bridgehead atoms. The van der Waals surface area contributed by atoms with Crippen LogP contribution in [0.1, 0.15) is 65.9 Å². The summed E-state index contributed by atoms with van der Waals surface area (Å²) in [6, 6.07) is 12.2. The average Bonchev–Trinajstić information content (AvgIpc) is 3.16. The molecule has 1 aromatic heterocycles. The zero-order valence-corrected chi connectivity index (χ0v) is 19.8. The fourth-order valence-corrected chi connectivity index (χ4v) is 5.47. The Morgan fingerprint density at radius 3 is 2.52 bits per heavy atom. The quantitative estimate of drug-likeness (QED) is 0.542. The SMILES string of the molecule is CCOC(=O)CCCC(=O)Nc1sc2c(c1C(=O)OCC)CCC(C#N)(c1ccccc1)C2. The summed E-state index contributed by atoms with van der Waals surface area (Å²) in [7, 11) is 0. The largest absolute Gasteiger partial charge is 0.466 e. The van der Waals surface area contributed by atoms with Crippen molar-refractivity contribution >= 4 is 34.2 Å². The van der Waals surface area contributed by atoms with Crippen molar-refractivity contribution in [3.63, 3.8) is 0 Å². The van der Waals surface area contributed by atoms with Crippen LogP contribution >= 0.6 is 11.3 Å². The molecule has 0 radical (unpaired) electrons. The number of nitrogens with one attached hydrogen (secondary N) is 1. The Morgan fingerprint density at radius 1 is 1.12 bits per heavy atom. The molecule has 1 atom stereocenters. The predicted octanol–water partition coefficient (Wildman–Crippen LogP) is 4.55. The Bertz CT molecular complexity index is 1060. The van der Waals surface area contributed by atoms with Gasteiger partial charge in [-0.25, -0.2) is 4.79 Å². The van der Waals surface area contributed by atoms with Crippen molar-refractivity contribution in [1.82, 2.24) is 0 Å². The Labute approximate surface area is 197 Å². The molecule has 1 N–H and O–H groups in total. The van der Waals surface area contributed by atoms with Gasteiger partial charge in [0.05, 0.1) is 30.3 Å². The van der Waals surface area contributed by atoms with Crippen LogP contribution < -0.4 is 5.32 Å². The molecule has 2 aromatic rings. The number of nitrogens with zero attached hydrogens (tertiary/aromatic N) is 1. The molecule has 1 aliphatic carbocycles. The highest BCUT2D eigenvalue weighted by atomic mass is 32.1. The van der Waals surface area contributed by atoms with Gasteiger partial charge in [-0.15, -0.1) is 11.3 Å². The first kappa shape index (κ1) is 24.5. The number of esters is 2. The Morgan fingerprint density at radius 2 is 1.85 bits per heavy atom. The summed E-state index contributed by atoms with van der Waals surface area (Å²) < 4.78 is 10.2. The molecule has 33 heavy (non-hydrogen) atoms. The number of benzene rings is 1. The van der Waals surface area contributed by atoms with Gasteiger partial charge in [-0.05, 0) is 44.2 Å². The third-order valence-electron chi connectivity index (χ3n) is 5.72. The molecular weight excluding hydrogens is 440 g/mol. The van der Waals surface area contributed by atoms with E-state index in [4.69, 9.17) is 9.47 Å². The number of hydrogen-bond donors (Lipinski definition) is 1. The molecule has 1 aromatic carbocycles. The van der Waals surface area contributed by atoms with Gasteiger partial charge in [0, 0.05) is 24.1 Å². The summed E-state index contributed by atoms with van der Waals surface area (Å²) in [6.45, 7) is 4.00. The van der Waals surface area contributed by atoms with E-state index in [1.807, 2.05) is 30.3 Å². The molecule has 8 heteroatoms. The van der Waals surface area contributed by atoms with Crippen molar-refractivity contribution in [2.45, 2.75) is 57.8 Å². The van der Waals surface area contributed by atoms with Crippen molar-refractivity contribution in [2.24, 2.45) is 0 Å². The number of hydrogen-bond acceptors (Lipinski definition) is 7. The second kappa shape index (κ2) is 11.1. The van der Waals surface area contributed by atoms with Crippen LogP contribution in [0.4, 0.5) is 5.00 Å². The summed E-state index contributed by atoms with van der Waals surface area (Å²) in [5.74, 6) is -1.09. The van der Waals surface area contributed by atoms with Crippen LogP contribution in [0.3, 0.4) is 0 Å². The Kier molecular flexibility index (Phi) is 8.23. The lowest BCUT2D eigenvalue weighted by molar-refractivity contribution is -0.143. The fraction of sp³-hybridized carbons (Fsp3) is 0.440. The highest BCUT2D eigenvalue weighted by molar-refractivity contribution is 7.17. The molecule has 0 aliphatic heterocycles. The molecule has 1 amide bonds. The molecule has 0 saturated carbocycles. The maximum atomic E-state index is 12.8. The number of carbonyl (C=O) groups excluding carboxylic acids is 3. The second-order valence-electron chi connectivity index (χ2n) is 7.87. The van der Waals surface area contributed by atoms with Crippen molar-refractivity contribution in [2.75, 3.05) is 18.5 Å². The maximum Gasteiger partial charge on any atom is 0.341 e. The normalized spacial score (nSPS) is 16.9. The first-order valence-electron chi connectivity index (χ1n) is 11.2. The Hall–Kier alpha value is -3.18. The number of rotatable bonds is 9. The average molecular weight is 469 g/mol. The number of fused-ring (bicyclic) bond motifs is 1. The zero-order chi connectivity index (χ0) is 23.8. The first-order chi connectivity index (χ1) is 15.9. The van der Waals surface area contributed by atoms with E-state index >= 15 is 0 Å². The van der Waals surface area contributed by atoms with Gasteiger partial charge in [0.15, 0.2) is 0 Å². The minimum Gasteiger partial charge on any atom is -0.466 e. The molecular formula is C25H28N2O5S. The molecule has 7 nitrogen and oxygen atoms in total. The molecule has 0 spiro atoms. The molecule has 3 rings (SSSR count). The van der Waals surface area contributed by atoms with Gasteiger partial charge in [-0.3, -0.25) is 9.59 Å². The van der Waals surface area contributed by atoms with E-state index in [2.05, 4.69) is 11.4 Å². The second-order valence-corrected chi connectivity index (χ2v) is 8.98. The molecule has 1 aliphatic rings. The third-order valence-corrected chi connectivity index (χ3v) is 6.87. The van der Waals surface area contributed by atoms with Crippen LogP contribution in [0.2, 0.25) is 0 Å². The van der Waals surface area contributed by atoms with Crippen LogP contribution in [0.25, 0.3) is 0 Å². The van der Waals surface area contributed by atoms with E-state index < -0.39 is 11.4 Å². The lowest BCUT2D eigenvalue weighted by Crippen LogP contribution is -2.31. The molecule has 1 heterocycles. The standard InChI is InChI=1S/C25H28N2O5S/c1-3-31-21(29)12-8-11-20(28)27-23-22(24(30)32-4-2)18-13-14-25(16-26,15-19(18)33-23)17-9-6-5-7-10-17/h5-7,9-10H,3-4,8,11-15H2,1-2H3,(H,27,28). The number of amides is 1. The summed E-state index contributed by atoms with van der Waals surface area (Å²) >= 11 is 1.33. The number of ether oxygens (including phenoxy) is 2. The number of anilines is 1. The summed E-state index contributed by atoms with van der Waals surface area (Å²) in [6.07, 6.45) is 2.25. The van der Waals surface area contributed by atoms with Gasteiger partial charge in [-0.2, -0.15) is 5.26 Å². The highest BCUT2D eigenvalue weighted by Crippen LogP contribution is 2.45. The van der Waals surface area contributed by atoms with E-state index in [9.17, 15) is 19.6 Å². The molecule has 0 saturated heterocycles. The van der Waals surface area contributed by atoms with Gasteiger partial charge in [0.1, 0.15) is 5.00 Å². The van der Waals surface area contributed by atoms with Gasteiger partial charge >= 0.3 is 11.9 Å². The minimum absolute atomic E-state index is 0.135. The lowest BCUT2D eigenvalue weighted by atomic mass is 9.70. The third kappa shape index (κ3) is 5.60. The number of nitriles is 1. The van der Waals surface area contributed by atoms with Crippen molar-refractivity contribution < 1.29 is 23.9 Å². The highest BCUT2D eigenvalue weighted by Gasteiger charge is 2.40. The van der Waals surface area contributed by atoms with Gasteiger partial charge in [0.2, 0.25) is 5.91 Å². The summed E-state index contributed by atoms with van der Waals surface area (Å²) in [4.78, 5) is 37.7. The minimum atomic E-state index is -0.675. The smallest absolute Gasteiger partial charge is 0.341 e. The van der Waals surface area contributed by atoms with Gasteiger partial charge in [0.25, 0.3) is 0 Å². The van der Waals surface area contributed by atoms with Gasteiger partial charge in [-0.1, -0.05) is 30.3 Å². The maximum absolute atomic E-state index is 12.8. The van der Waals surface area contributed by atoms with Crippen molar-refractivity contribution in [1.29, 1.82) is 5.26 Å². The van der Waals surface area contributed by atoms with E-state index in [1.54, 1.807) is 13.8 Å². The van der Waals surface area contributed by atoms with Gasteiger partial charge < -0.3 is 14.8 Å². The Balaban J connectivity index is 1.83. The van der Waals surface area contributed by atoms with Crippen LogP contribution in [0, 0.1) is 11.3 Å². The van der Waals surface area contributed by atoms with Crippen molar-refractivity contribution in [3.05, 3.63) is 51.9 Å². The monoisotopic (exact) mass is 468 g/mol. The summed E-state index contributed by atoms with van der Waals surface area (Å²) in [5.41, 5.74) is 1.51. The van der Waals surface area contributed by atoms with Crippen LogP contribution in [-0.2, 0) is 37.3 Å². The topological polar surface area (TPSA) is 105 Å². The van der Waals surface area contributed by atoms with E-state index in [1.165, 1.54) is 11.3 Å².